The summed E-state index contributed by atoms with van der Waals surface area (Å²) in [6, 6.07) is 0. The molecule has 0 saturated heterocycles. The summed E-state index contributed by atoms with van der Waals surface area (Å²) in [5, 5.41) is 0. The van der Waals surface area contributed by atoms with E-state index in [1.807, 2.05) is 0 Å². The predicted molar refractivity (Wildman–Crippen MR) is 38.6 cm³/mol. The minimum atomic E-state index is 0.815. The van der Waals surface area contributed by atoms with E-state index in [2.05, 4.69) is 27.7 Å². The van der Waals surface area contributed by atoms with Gasteiger partial charge >= 0.3 is 0 Å². The molecule has 0 N–H and O–H groups in total. The average Bonchev–Trinajstić information content (AvgIpc) is 1.65. The number of hydrogen-bond acceptors (Lipinski definition) is 0. The van der Waals surface area contributed by atoms with Crippen LogP contribution >= 0.6 is 0 Å². The topological polar surface area (TPSA) is 0 Å². The monoisotopic (exact) mass is 113 g/mol. The van der Waals surface area contributed by atoms with Crippen LogP contribution in [0.4, 0.5) is 0 Å². The van der Waals surface area contributed by atoms with E-state index < -0.39 is 0 Å². The van der Waals surface area contributed by atoms with Gasteiger partial charge in [-0.15, -0.1) is 0 Å². The molecule has 0 nitrogen and oxygen atoms in total. The minimum absolute atomic E-state index is 0.815. The van der Waals surface area contributed by atoms with E-state index in [1.165, 1.54) is 6.42 Å². The van der Waals surface area contributed by atoms with Crippen LogP contribution in [0, 0.1) is 18.8 Å². The summed E-state index contributed by atoms with van der Waals surface area (Å²) in [5.74, 6) is 1.65. The Balaban J connectivity index is 3.10. The van der Waals surface area contributed by atoms with Crippen molar-refractivity contribution in [3.63, 3.8) is 0 Å². The van der Waals surface area contributed by atoms with Crippen LogP contribution in [0.2, 0.25) is 0 Å². The Morgan fingerprint density at radius 3 is 1.88 bits per heavy atom. The quantitative estimate of drug-likeness (QED) is 0.528. The summed E-state index contributed by atoms with van der Waals surface area (Å²) in [6.07, 6.45) is 2.40. The minimum Gasteiger partial charge on any atom is -0.0628 e. The zero-order valence-corrected chi connectivity index (χ0v) is 6.28. The molecule has 0 aliphatic rings. The maximum atomic E-state index is 3.84. The van der Waals surface area contributed by atoms with Crippen molar-refractivity contribution in [3.8, 4) is 0 Å². The van der Waals surface area contributed by atoms with E-state index in [0.717, 1.165) is 18.3 Å². The number of hydrogen-bond donors (Lipinski definition) is 0. The van der Waals surface area contributed by atoms with Gasteiger partial charge in [0.2, 0.25) is 0 Å². The van der Waals surface area contributed by atoms with Gasteiger partial charge in [0.05, 0.1) is 0 Å². The summed E-state index contributed by atoms with van der Waals surface area (Å²) in [6.45, 7) is 10.6. The van der Waals surface area contributed by atoms with Crippen molar-refractivity contribution in [2.45, 2.75) is 33.6 Å². The molecule has 1 atom stereocenters. The first-order valence-corrected chi connectivity index (χ1v) is 3.46. The lowest BCUT2D eigenvalue weighted by molar-refractivity contribution is 0.442. The third-order valence-corrected chi connectivity index (χ3v) is 1.37. The molecule has 49 valence electrons. The summed E-state index contributed by atoms with van der Waals surface area (Å²) in [5.41, 5.74) is 0. The lowest BCUT2D eigenvalue weighted by Gasteiger charge is -2.09. The van der Waals surface area contributed by atoms with Crippen LogP contribution in [0.1, 0.15) is 33.6 Å². The van der Waals surface area contributed by atoms with E-state index >= 15 is 0 Å². The fraction of sp³-hybridized carbons (Fsp3) is 0.875. The molecular formula is C8H17. The molecule has 0 rings (SSSR count). The molecule has 0 heteroatoms. The second-order valence-corrected chi connectivity index (χ2v) is 3.02. The first-order chi connectivity index (χ1) is 3.66. The van der Waals surface area contributed by atoms with E-state index in [9.17, 15) is 0 Å². The van der Waals surface area contributed by atoms with Crippen LogP contribution in [-0.2, 0) is 0 Å². The van der Waals surface area contributed by atoms with E-state index in [1.54, 1.807) is 0 Å². The van der Waals surface area contributed by atoms with Crippen molar-refractivity contribution in [2.75, 3.05) is 0 Å². The molecule has 0 aromatic rings. The molecule has 0 aromatic heterocycles. The van der Waals surface area contributed by atoms with Gasteiger partial charge in [-0.05, 0) is 18.3 Å². The van der Waals surface area contributed by atoms with Crippen molar-refractivity contribution in [1.29, 1.82) is 0 Å². The fourth-order valence-corrected chi connectivity index (χ4v) is 0.923. The van der Waals surface area contributed by atoms with Crippen LogP contribution in [0.25, 0.3) is 0 Å². The molecule has 0 saturated carbocycles. The zero-order chi connectivity index (χ0) is 6.57. The lowest BCUT2D eigenvalue weighted by atomic mass is 9.97. The Hall–Kier alpha value is 0. The van der Waals surface area contributed by atoms with Gasteiger partial charge in [0.25, 0.3) is 0 Å². The standard InChI is InChI=1S/C8H17/c1-5-8(4)6-7(2)3/h7-8H,1,5-6H2,2-4H3. The van der Waals surface area contributed by atoms with Crippen molar-refractivity contribution in [2.24, 2.45) is 11.8 Å². The van der Waals surface area contributed by atoms with Gasteiger partial charge in [-0.3, -0.25) is 0 Å². The molecule has 0 aliphatic carbocycles. The van der Waals surface area contributed by atoms with E-state index in [-0.39, 0.29) is 0 Å². The molecule has 0 bridgehead atoms. The maximum Gasteiger partial charge on any atom is -0.0440 e. The summed E-state index contributed by atoms with van der Waals surface area (Å²) >= 11 is 0. The van der Waals surface area contributed by atoms with Crippen molar-refractivity contribution < 1.29 is 0 Å². The lowest BCUT2D eigenvalue weighted by Crippen LogP contribution is -1.97. The van der Waals surface area contributed by atoms with Crippen molar-refractivity contribution in [3.05, 3.63) is 6.92 Å². The molecule has 1 radical (unpaired) electrons. The highest BCUT2D eigenvalue weighted by Crippen LogP contribution is 2.12. The molecule has 1 unspecified atom stereocenters. The van der Waals surface area contributed by atoms with Crippen LogP contribution in [0.3, 0.4) is 0 Å². The van der Waals surface area contributed by atoms with Crippen LogP contribution in [-0.4, -0.2) is 0 Å². The Kier molecular flexibility index (Phi) is 3.94. The second kappa shape index (κ2) is 3.94. The normalized spacial score (nSPS) is 14.6. The van der Waals surface area contributed by atoms with E-state index in [4.69, 9.17) is 0 Å². The largest absolute Gasteiger partial charge is 0.0628 e. The fourth-order valence-electron chi connectivity index (χ4n) is 0.923. The molecule has 0 spiro atoms. The summed E-state index contributed by atoms with van der Waals surface area (Å²) in [7, 11) is 0. The first kappa shape index (κ1) is 8.00. The number of rotatable bonds is 3. The highest BCUT2D eigenvalue weighted by Gasteiger charge is 2.00. The maximum absolute atomic E-state index is 3.84. The van der Waals surface area contributed by atoms with Crippen molar-refractivity contribution >= 4 is 0 Å². The van der Waals surface area contributed by atoms with Gasteiger partial charge in [0, 0.05) is 0 Å². The highest BCUT2D eigenvalue weighted by atomic mass is 14.1. The Bertz CT molecular complexity index is 46.0. The zero-order valence-electron chi connectivity index (χ0n) is 6.28. The molecule has 0 fully saturated rings. The molecule has 0 heterocycles. The Morgan fingerprint density at radius 2 is 1.75 bits per heavy atom. The third kappa shape index (κ3) is 4.17. The smallest absolute Gasteiger partial charge is 0.0440 e. The van der Waals surface area contributed by atoms with Gasteiger partial charge in [-0.1, -0.05) is 34.1 Å². The molecule has 0 amide bonds. The highest BCUT2D eigenvalue weighted by molar-refractivity contribution is 4.56. The van der Waals surface area contributed by atoms with Gasteiger partial charge in [0.15, 0.2) is 0 Å². The van der Waals surface area contributed by atoms with Crippen LogP contribution < -0.4 is 0 Å². The molecule has 0 aromatic carbocycles. The summed E-state index contributed by atoms with van der Waals surface area (Å²) in [4.78, 5) is 0. The first-order valence-electron chi connectivity index (χ1n) is 3.46. The summed E-state index contributed by atoms with van der Waals surface area (Å²) < 4.78 is 0. The Morgan fingerprint density at radius 1 is 1.25 bits per heavy atom. The van der Waals surface area contributed by atoms with Crippen LogP contribution in [0.15, 0.2) is 0 Å². The van der Waals surface area contributed by atoms with Gasteiger partial charge in [0.1, 0.15) is 0 Å². The van der Waals surface area contributed by atoms with E-state index in [0.29, 0.717) is 0 Å². The van der Waals surface area contributed by atoms with Gasteiger partial charge in [-0.2, -0.15) is 0 Å². The van der Waals surface area contributed by atoms with Gasteiger partial charge in [-0.25, -0.2) is 0 Å². The van der Waals surface area contributed by atoms with Gasteiger partial charge < -0.3 is 0 Å². The Labute approximate surface area is 53.3 Å². The molecule has 0 aliphatic heterocycles. The average molecular weight is 113 g/mol. The van der Waals surface area contributed by atoms with Crippen LogP contribution in [0.5, 0.6) is 0 Å². The van der Waals surface area contributed by atoms with Crippen molar-refractivity contribution in [1.82, 2.24) is 0 Å². The SMILES string of the molecule is [CH2]CC(C)CC(C)C. The molecule has 8 heavy (non-hydrogen) atoms. The molecular weight excluding hydrogens is 96.1 g/mol. The second-order valence-electron chi connectivity index (χ2n) is 3.02. The third-order valence-electron chi connectivity index (χ3n) is 1.37. The predicted octanol–water partition coefficient (Wildman–Crippen LogP) is 2.89.